The smallest absolute Gasteiger partial charge is 0.204 e. The number of rotatable bonds is 0. The molecule has 1 heterocycles. The van der Waals surface area contributed by atoms with Crippen molar-refractivity contribution < 1.29 is 4.79 Å². The number of primary amides is 1. The first-order chi connectivity index (χ1) is 6.38. The van der Waals surface area contributed by atoms with Crippen molar-refractivity contribution >= 4 is 17.3 Å². The highest BCUT2D eigenvalue weighted by Gasteiger charge is 1.87. The lowest BCUT2D eigenvalue weighted by atomic mass is 10.2. The Morgan fingerprint density at radius 1 is 1.31 bits per heavy atom. The van der Waals surface area contributed by atoms with E-state index in [-0.39, 0.29) is 6.41 Å². The van der Waals surface area contributed by atoms with Crippen molar-refractivity contribution in [2.24, 2.45) is 5.73 Å². The van der Waals surface area contributed by atoms with Gasteiger partial charge in [0.05, 0.1) is 5.52 Å². The van der Waals surface area contributed by atoms with E-state index in [1.807, 2.05) is 30.5 Å². The number of nitrogens with two attached hydrogens (primary N) is 1. The van der Waals surface area contributed by atoms with Gasteiger partial charge >= 0.3 is 0 Å². The van der Waals surface area contributed by atoms with Crippen molar-refractivity contribution in [3.05, 3.63) is 36.8 Å². The minimum absolute atomic E-state index is 0.250. The lowest BCUT2D eigenvalue weighted by molar-refractivity contribution is -0.106. The van der Waals surface area contributed by atoms with Gasteiger partial charge in [-0.05, 0) is 6.07 Å². The summed E-state index contributed by atoms with van der Waals surface area (Å²) in [5.41, 5.74) is 5.16. The summed E-state index contributed by atoms with van der Waals surface area (Å²) in [7, 11) is 0. The lowest BCUT2D eigenvalue weighted by Gasteiger charge is -1.90. The van der Waals surface area contributed by atoms with Crippen LogP contribution in [-0.4, -0.2) is 16.4 Å². The van der Waals surface area contributed by atoms with E-state index in [4.69, 9.17) is 4.79 Å². The topological polar surface area (TPSA) is 68.9 Å². The van der Waals surface area contributed by atoms with Crippen molar-refractivity contribution in [1.82, 2.24) is 9.97 Å². The summed E-state index contributed by atoms with van der Waals surface area (Å²) in [6, 6.07) is 7.91. The highest BCUT2D eigenvalue weighted by molar-refractivity contribution is 5.76. The first-order valence-electron chi connectivity index (χ1n) is 3.68. The molecule has 2 N–H and O–H groups in total. The van der Waals surface area contributed by atoms with Gasteiger partial charge in [-0.3, -0.25) is 4.79 Å². The summed E-state index contributed by atoms with van der Waals surface area (Å²) in [6.07, 6.45) is 3.62. The zero-order chi connectivity index (χ0) is 9.52. The van der Waals surface area contributed by atoms with Crippen LogP contribution in [-0.2, 0) is 4.79 Å². The molecule has 4 heteroatoms. The van der Waals surface area contributed by atoms with Crippen LogP contribution in [0.25, 0.3) is 10.9 Å². The van der Waals surface area contributed by atoms with Crippen LogP contribution in [0.2, 0.25) is 0 Å². The molecule has 0 saturated heterocycles. The third-order valence-electron chi connectivity index (χ3n) is 1.41. The molecule has 0 aliphatic heterocycles. The maximum absolute atomic E-state index is 8.58. The van der Waals surface area contributed by atoms with Gasteiger partial charge in [0.1, 0.15) is 6.33 Å². The summed E-state index contributed by atoms with van der Waals surface area (Å²) in [5, 5.41) is 1.09. The number of amides is 1. The molecule has 2 aromatic rings. The number of aromatic nitrogens is 2. The fourth-order valence-corrected chi connectivity index (χ4v) is 0.923. The quantitative estimate of drug-likeness (QED) is 0.600. The lowest BCUT2D eigenvalue weighted by Crippen LogP contribution is -1.82. The largest absolute Gasteiger partial charge is 0.372 e. The van der Waals surface area contributed by atoms with Crippen LogP contribution in [0.3, 0.4) is 0 Å². The minimum atomic E-state index is 0.250. The Bertz CT molecular complexity index is 324. The fraction of sp³-hybridized carbons (Fsp3) is 0. The molecule has 2 rings (SSSR count). The van der Waals surface area contributed by atoms with Gasteiger partial charge in [-0.1, -0.05) is 18.2 Å². The van der Waals surface area contributed by atoms with Gasteiger partial charge in [-0.15, -0.1) is 0 Å². The second-order valence-corrected chi connectivity index (χ2v) is 2.22. The highest BCUT2D eigenvalue weighted by atomic mass is 16.1. The Morgan fingerprint density at radius 3 is 2.69 bits per heavy atom. The van der Waals surface area contributed by atoms with E-state index < -0.39 is 0 Å². The summed E-state index contributed by atoms with van der Waals surface area (Å²) in [4.78, 5) is 16.6. The number of carbonyl (C=O) groups is 1. The molecule has 0 unspecified atom stereocenters. The number of carbonyl (C=O) groups excluding carboxylic acids is 1. The Balaban J connectivity index is 0.000000251. The van der Waals surface area contributed by atoms with E-state index >= 15 is 0 Å². The zero-order valence-corrected chi connectivity index (χ0v) is 6.92. The first-order valence-corrected chi connectivity index (χ1v) is 3.68. The predicted octanol–water partition coefficient (Wildman–Crippen LogP) is 0.731. The molecule has 1 amide bonds. The Morgan fingerprint density at radius 2 is 2.00 bits per heavy atom. The molecular weight excluding hydrogens is 166 g/mol. The third kappa shape index (κ3) is 2.52. The molecule has 0 radical (unpaired) electrons. The summed E-state index contributed by atoms with van der Waals surface area (Å²) >= 11 is 0. The summed E-state index contributed by atoms with van der Waals surface area (Å²) in [5.74, 6) is 0. The highest BCUT2D eigenvalue weighted by Crippen LogP contribution is 2.06. The molecular formula is C9H9N3O. The molecule has 0 fully saturated rings. The monoisotopic (exact) mass is 175 g/mol. The number of para-hydroxylation sites is 1. The molecule has 0 atom stereocenters. The van der Waals surface area contributed by atoms with Gasteiger partial charge in [0.2, 0.25) is 6.41 Å². The maximum Gasteiger partial charge on any atom is 0.204 e. The van der Waals surface area contributed by atoms with Gasteiger partial charge < -0.3 is 5.73 Å². The molecule has 4 nitrogen and oxygen atoms in total. The van der Waals surface area contributed by atoms with Gasteiger partial charge in [-0.2, -0.15) is 0 Å². The number of hydrogen-bond acceptors (Lipinski definition) is 3. The van der Waals surface area contributed by atoms with E-state index in [9.17, 15) is 0 Å². The Labute approximate surface area is 75.4 Å². The Hall–Kier alpha value is -1.97. The van der Waals surface area contributed by atoms with E-state index in [1.165, 1.54) is 0 Å². The van der Waals surface area contributed by atoms with Crippen molar-refractivity contribution in [2.45, 2.75) is 0 Å². The van der Waals surface area contributed by atoms with Crippen molar-refractivity contribution in [3.63, 3.8) is 0 Å². The van der Waals surface area contributed by atoms with E-state index in [1.54, 1.807) is 6.33 Å². The number of fused-ring (bicyclic) bond motifs is 1. The van der Waals surface area contributed by atoms with Crippen molar-refractivity contribution in [1.29, 1.82) is 0 Å². The van der Waals surface area contributed by atoms with Crippen molar-refractivity contribution in [2.75, 3.05) is 0 Å². The minimum Gasteiger partial charge on any atom is -0.372 e. The van der Waals surface area contributed by atoms with Crippen LogP contribution in [0.15, 0.2) is 36.8 Å². The average molecular weight is 175 g/mol. The standard InChI is InChI=1S/C8H6N2.CH3NO/c1-2-4-8-7(3-1)5-9-6-10-8;2-1-3/h1-6H;1H,(H2,2,3). The van der Waals surface area contributed by atoms with Crippen LogP contribution < -0.4 is 5.73 Å². The van der Waals surface area contributed by atoms with Crippen LogP contribution in [0.4, 0.5) is 0 Å². The van der Waals surface area contributed by atoms with Gasteiger partial charge in [0, 0.05) is 11.6 Å². The maximum atomic E-state index is 8.58. The normalized spacial score (nSPS) is 8.62. The van der Waals surface area contributed by atoms with E-state index in [0.717, 1.165) is 10.9 Å². The second-order valence-electron chi connectivity index (χ2n) is 2.22. The second kappa shape index (κ2) is 4.82. The number of nitrogens with zero attached hydrogens (tertiary/aromatic N) is 2. The van der Waals surface area contributed by atoms with Crippen molar-refractivity contribution in [3.8, 4) is 0 Å². The fourth-order valence-electron chi connectivity index (χ4n) is 0.923. The molecule has 1 aromatic heterocycles. The third-order valence-corrected chi connectivity index (χ3v) is 1.41. The molecule has 0 saturated carbocycles. The molecule has 0 bridgehead atoms. The molecule has 0 aliphatic carbocycles. The number of benzene rings is 1. The SMILES string of the molecule is NC=O.c1ccc2ncncc2c1. The molecule has 13 heavy (non-hydrogen) atoms. The summed E-state index contributed by atoms with van der Waals surface area (Å²) in [6.45, 7) is 0. The van der Waals surface area contributed by atoms with Crippen LogP contribution in [0, 0.1) is 0 Å². The van der Waals surface area contributed by atoms with E-state index in [0.29, 0.717) is 0 Å². The van der Waals surface area contributed by atoms with Gasteiger partial charge in [0.25, 0.3) is 0 Å². The van der Waals surface area contributed by atoms with Crippen LogP contribution >= 0.6 is 0 Å². The van der Waals surface area contributed by atoms with Crippen LogP contribution in [0.5, 0.6) is 0 Å². The predicted molar refractivity (Wildman–Crippen MR) is 49.8 cm³/mol. The van der Waals surface area contributed by atoms with E-state index in [2.05, 4.69) is 15.7 Å². The van der Waals surface area contributed by atoms with Crippen LogP contribution in [0.1, 0.15) is 0 Å². The molecule has 1 aromatic carbocycles. The molecule has 0 spiro atoms. The zero-order valence-electron chi connectivity index (χ0n) is 6.92. The number of hydrogen-bond donors (Lipinski definition) is 1. The Kier molecular flexibility index (Phi) is 3.38. The molecule has 66 valence electrons. The van der Waals surface area contributed by atoms with Gasteiger partial charge in [-0.25, -0.2) is 9.97 Å². The molecule has 0 aliphatic rings. The summed E-state index contributed by atoms with van der Waals surface area (Å²) < 4.78 is 0. The average Bonchev–Trinajstić information content (AvgIpc) is 2.19. The first kappa shape index (κ1) is 9.12. The van der Waals surface area contributed by atoms with Gasteiger partial charge in [0.15, 0.2) is 0 Å².